The first-order valence-corrected chi connectivity index (χ1v) is 9.25. The Morgan fingerprint density at radius 3 is 2.12 bits per heavy atom. The van der Waals surface area contributed by atoms with Crippen LogP contribution in [0.3, 0.4) is 0 Å². The molecule has 24 heavy (non-hydrogen) atoms. The maximum atomic E-state index is 12.8. The Morgan fingerprint density at radius 2 is 1.62 bits per heavy atom. The summed E-state index contributed by atoms with van der Waals surface area (Å²) in [5.74, 6) is 0.181. The van der Waals surface area contributed by atoms with Gasteiger partial charge in [0.05, 0.1) is 5.41 Å². The minimum absolute atomic E-state index is 0.00339. The number of carbonyl (C=O) groups is 1. The minimum Gasteiger partial charge on any atom is -0.508 e. The lowest BCUT2D eigenvalue weighted by Crippen LogP contribution is -2.40. The molecule has 2 aromatic rings. The maximum absolute atomic E-state index is 12.8. The van der Waals surface area contributed by atoms with E-state index < -0.39 is 16.2 Å². The van der Waals surface area contributed by atoms with E-state index in [0.29, 0.717) is 6.54 Å². The van der Waals surface area contributed by atoms with E-state index in [1.165, 1.54) is 0 Å². The lowest BCUT2D eigenvalue weighted by atomic mass is 9.83. The molecular weight excluding hydrogens is 322 g/mol. The Labute approximate surface area is 145 Å². The first kappa shape index (κ1) is 18.2. The van der Waals surface area contributed by atoms with Gasteiger partial charge in [-0.2, -0.15) is 0 Å². The Kier molecular flexibility index (Phi) is 5.44. The number of hydrogen-bond donors (Lipinski definition) is 1. The summed E-state index contributed by atoms with van der Waals surface area (Å²) >= 11 is 0. The highest BCUT2D eigenvalue weighted by molar-refractivity contribution is 7.84. The van der Waals surface area contributed by atoms with Gasteiger partial charge < -0.3 is 10.0 Å². The normalized spacial score (nSPS) is 12.7. The van der Waals surface area contributed by atoms with E-state index in [4.69, 9.17) is 0 Å². The molecule has 0 heterocycles. The smallest absolute Gasteiger partial charge is 0.232 e. The molecule has 0 aliphatic carbocycles. The zero-order chi connectivity index (χ0) is 17.9. The molecule has 1 N–H and O–H groups in total. The molecule has 128 valence electrons. The number of carbonyl (C=O) groups excluding carboxylic acids is 1. The predicted octanol–water partition coefficient (Wildman–Crippen LogP) is 3.07. The second kappa shape index (κ2) is 7.18. The van der Waals surface area contributed by atoms with Gasteiger partial charge in [0.15, 0.2) is 0 Å². The Hall–Kier alpha value is -2.14. The van der Waals surface area contributed by atoms with Gasteiger partial charge in [-0.05, 0) is 49.2 Å². The number of amides is 1. The molecule has 0 aliphatic heterocycles. The average Bonchev–Trinajstić information content (AvgIpc) is 2.55. The maximum Gasteiger partial charge on any atom is 0.232 e. The van der Waals surface area contributed by atoms with Gasteiger partial charge in [-0.3, -0.25) is 9.00 Å². The summed E-state index contributed by atoms with van der Waals surface area (Å²) in [5, 5.41) is 9.41. The average molecular weight is 345 g/mol. The van der Waals surface area contributed by atoms with E-state index in [9.17, 15) is 14.1 Å². The third-order valence-corrected chi connectivity index (χ3v) is 5.08. The molecule has 2 aromatic carbocycles. The van der Waals surface area contributed by atoms with Gasteiger partial charge in [0.2, 0.25) is 5.91 Å². The number of phenolic OH excluding ortho intramolecular Hbond substituents is 1. The lowest BCUT2D eigenvalue weighted by molar-refractivity contribution is -0.135. The van der Waals surface area contributed by atoms with Crippen LogP contribution in [0.25, 0.3) is 0 Å². The Bertz CT molecular complexity index is 736. The Morgan fingerprint density at radius 1 is 1.08 bits per heavy atom. The molecule has 0 bridgehead atoms. The van der Waals surface area contributed by atoms with Crippen molar-refractivity contribution < 1.29 is 14.1 Å². The number of likely N-dealkylation sites (N-methyl/N-ethyl adjacent to an activating group) is 1. The van der Waals surface area contributed by atoms with E-state index in [-0.39, 0.29) is 11.7 Å². The fourth-order valence-corrected chi connectivity index (χ4v) is 3.13. The molecule has 1 amide bonds. The van der Waals surface area contributed by atoms with Crippen molar-refractivity contribution >= 4 is 16.7 Å². The van der Waals surface area contributed by atoms with Crippen LogP contribution in [0.2, 0.25) is 0 Å². The topological polar surface area (TPSA) is 57.6 Å². The predicted molar refractivity (Wildman–Crippen MR) is 96.4 cm³/mol. The van der Waals surface area contributed by atoms with Crippen LogP contribution in [-0.4, -0.2) is 33.4 Å². The summed E-state index contributed by atoms with van der Waals surface area (Å²) < 4.78 is 11.4. The summed E-state index contributed by atoms with van der Waals surface area (Å²) in [6, 6.07) is 14.2. The van der Waals surface area contributed by atoms with Crippen molar-refractivity contribution in [3.8, 4) is 5.75 Å². The van der Waals surface area contributed by atoms with Crippen LogP contribution in [0.4, 0.5) is 0 Å². The van der Waals surface area contributed by atoms with Crippen molar-refractivity contribution in [1.82, 2.24) is 4.90 Å². The summed E-state index contributed by atoms with van der Waals surface area (Å²) in [4.78, 5) is 15.3. The molecule has 0 saturated heterocycles. The van der Waals surface area contributed by atoms with E-state index in [1.54, 1.807) is 42.5 Å². The highest BCUT2D eigenvalue weighted by atomic mass is 32.2. The molecule has 0 fully saturated rings. The number of hydrogen-bond acceptors (Lipinski definition) is 3. The first-order chi connectivity index (χ1) is 11.2. The molecule has 2 rings (SSSR count). The first-order valence-electron chi connectivity index (χ1n) is 7.69. The van der Waals surface area contributed by atoms with Crippen molar-refractivity contribution in [3.05, 3.63) is 59.7 Å². The van der Waals surface area contributed by atoms with E-state index >= 15 is 0 Å². The van der Waals surface area contributed by atoms with Crippen molar-refractivity contribution in [1.29, 1.82) is 0 Å². The second-order valence-corrected chi connectivity index (χ2v) is 7.81. The summed E-state index contributed by atoms with van der Waals surface area (Å²) in [5.41, 5.74) is 1.16. The van der Waals surface area contributed by atoms with Crippen LogP contribution in [0.1, 0.15) is 25.0 Å². The van der Waals surface area contributed by atoms with Gasteiger partial charge in [-0.25, -0.2) is 0 Å². The molecule has 0 spiro atoms. The Balaban J connectivity index is 2.13. The SMILES string of the molecule is CN(Cc1ccc(S(C)=O)cc1)C(=O)C(C)(C)c1ccc(O)cc1. The summed E-state index contributed by atoms with van der Waals surface area (Å²) in [7, 11) is 0.774. The quantitative estimate of drug-likeness (QED) is 0.906. The van der Waals surface area contributed by atoms with Gasteiger partial charge in [-0.15, -0.1) is 0 Å². The third kappa shape index (κ3) is 4.03. The number of aromatic hydroxyl groups is 1. The van der Waals surface area contributed by atoms with Crippen LogP contribution < -0.4 is 0 Å². The van der Waals surface area contributed by atoms with Crippen molar-refractivity contribution in [2.24, 2.45) is 0 Å². The highest BCUT2D eigenvalue weighted by Gasteiger charge is 2.32. The second-order valence-electron chi connectivity index (χ2n) is 6.43. The molecule has 4 nitrogen and oxygen atoms in total. The standard InChI is InChI=1S/C19H23NO3S/c1-19(2,15-7-9-16(21)10-8-15)18(22)20(3)13-14-5-11-17(12-6-14)24(4)23/h5-12,21H,13H2,1-4H3. The van der Waals surface area contributed by atoms with Crippen molar-refractivity contribution in [3.63, 3.8) is 0 Å². The number of rotatable bonds is 5. The monoisotopic (exact) mass is 345 g/mol. The lowest BCUT2D eigenvalue weighted by Gasteiger charge is -2.30. The van der Waals surface area contributed by atoms with Crippen LogP contribution in [0, 0.1) is 0 Å². The minimum atomic E-state index is -1.00. The van der Waals surface area contributed by atoms with E-state index in [2.05, 4.69) is 0 Å². The van der Waals surface area contributed by atoms with E-state index in [0.717, 1.165) is 16.0 Å². The highest BCUT2D eigenvalue weighted by Crippen LogP contribution is 2.27. The number of benzene rings is 2. The zero-order valence-electron chi connectivity index (χ0n) is 14.4. The van der Waals surface area contributed by atoms with Gasteiger partial charge in [0, 0.05) is 35.5 Å². The van der Waals surface area contributed by atoms with Gasteiger partial charge in [0.25, 0.3) is 0 Å². The van der Waals surface area contributed by atoms with Crippen LogP contribution in [0.5, 0.6) is 5.75 Å². The van der Waals surface area contributed by atoms with Crippen molar-refractivity contribution in [2.75, 3.05) is 13.3 Å². The largest absolute Gasteiger partial charge is 0.508 e. The fraction of sp³-hybridized carbons (Fsp3) is 0.316. The molecule has 1 atom stereocenters. The summed E-state index contributed by atoms with van der Waals surface area (Å²) in [6.45, 7) is 4.24. The van der Waals surface area contributed by atoms with E-state index in [1.807, 2.05) is 38.1 Å². The molecule has 0 aliphatic rings. The van der Waals surface area contributed by atoms with Crippen molar-refractivity contribution in [2.45, 2.75) is 30.7 Å². The van der Waals surface area contributed by atoms with Crippen LogP contribution in [0.15, 0.2) is 53.4 Å². The van der Waals surface area contributed by atoms with Crippen LogP contribution in [-0.2, 0) is 27.6 Å². The number of phenols is 1. The summed E-state index contributed by atoms with van der Waals surface area (Å²) in [6.07, 6.45) is 1.64. The van der Waals surface area contributed by atoms with Gasteiger partial charge >= 0.3 is 0 Å². The van der Waals surface area contributed by atoms with Gasteiger partial charge in [-0.1, -0.05) is 24.3 Å². The fourth-order valence-electron chi connectivity index (χ4n) is 2.61. The van der Waals surface area contributed by atoms with Crippen LogP contribution >= 0.6 is 0 Å². The molecular formula is C19H23NO3S. The molecule has 0 saturated carbocycles. The molecule has 0 aromatic heterocycles. The van der Waals surface area contributed by atoms with Gasteiger partial charge in [0.1, 0.15) is 5.75 Å². The molecule has 5 heteroatoms. The third-order valence-electron chi connectivity index (χ3n) is 4.15. The molecule has 1 unspecified atom stereocenters. The zero-order valence-corrected chi connectivity index (χ0v) is 15.3. The number of nitrogens with zero attached hydrogens (tertiary/aromatic N) is 1. The molecule has 0 radical (unpaired) electrons.